The molecule has 6 nitrogen and oxygen atoms in total. The third-order valence-electron chi connectivity index (χ3n) is 5.94. The summed E-state index contributed by atoms with van der Waals surface area (Å²) in [4.78, 5) is 26.3. The van der Waals surface area contributed by atoms with Gasteiger partial charge in [-0.15, -0.1) is 11.3 Å². The molecule has 28 heavy (non-hydrogen) atoms. The number of piperidine rings is 1. The molecule has 0 unspecified atom stereocenters. The van der Waals surface area contributed by atoms with Crippen LogP contribution < -0.4 is 0 Å². The van der Waals surface area contributed by atoms with E-state index in [4.69, 9.17) is 0 Å². The highest BCUT2D eigenvalue weighted by atomic mass is 32.1. The predicted octanol–water partition coefficient (Wildman–Crippen LogP) is 2.89. The summed E-state index contributed by atoms with van der Waals surface area (Å²) < 4.78 is 2.08. The van der Waals surface area contributed by atoms with Crippen molar-refractivity contribution in [3.05, 3.63) is 59.6 Å². The lowest BCUT2D eigenvalue weighted by Gasteiger charge is -2.53. The second-order valence-electron chi connectivity index (χ2n) is 7.70. The van der Waals surface area contributed by atoms with Gasteiger partial charge in [0.15, 0.2) is 0 Å². The molecule has 1 amide bonds. The first-order valence-corrected chi connectivity index (χ1v) is 10.6. The Bertz CT molecular complexity index is 982. The predicted molar refractivity (Wildman–Crippen MR) is 109 cm³/mol. The maximum absolute atomic E-state index is 12.9. The summed E-state index contributed by atoms with van der Waals surface area (Å²) in [5.41, 5.74) is 2.89. The maximum Gasteiger partial charge on any atom is 0.273 e. The van der Waals surface area contributed by atoms with Crippen molar-refractivity contribution in [2.75, 3.05) is 19.6 Å². The third kappa shape index (κ3) is 3.14. The van der Waals surface area contributed by atoms with Crippen molar-refractivity contribution >= 4 is 17.2 Å². The molecule has 0 spiro atoms. The molecule has 0 bridgehead atoms. The number of carbonyl (C=O) groups excluding carboxylic acids is 1. The molecule has 4 heterocycles. The van der Waals surface area contributed by atoms with Crippen molar-refractivity contribution in [3.8, 4) is 10.6 Å². The summed E-state index contributed by atoms with van der Waals surface area (Å²) in [5.74, 6) is 0.639. The van der Waals surface area contributed by atoms with Crippen LogP contribution in [0, 0.1) is 5.92 Å². The number of imidazole rings is 1. The van der Waals surface area contributed by atoms with E-state index in [9.17, 15) is 4.79 Å². The largest absolute Gasteiger partial charge is 0.337 e. The summed E-state index contributed by atoms with van der Waals surface area (Å²) in [6.07, 6.45) is 4.83. The molecule has 3 aromatic rings. The van der Waals surface area contributed by atoms with Gasteiger partial charge in [0.2, 0.25) is 0 Å². The zero-order chi connectivity index (χ0) is 19.1. The van der Waals surface area contributed by atoms with Crippen LogP contribution in [0.25, 0.3) is 10.6 Å². The highest BCUT2D eigenvalue weighted by Crippen LogP contribution is 2.34. The van der Waals surface area contributed by atoms with Gasteiger partial charge < -0.3 is 9.47 Å². The molecule has 0 saturated carbocycles. The first kappa shape index (κ1) is 17.6. The molecule has 7 heteroatoms. The molecule has 144 valence electrons. The summed E-state index contributed by atoms with van der Waals surface area (Å²) in [6.45, 7) is 3.63. The van der Waals surface area contributed by atoms with Crippen molar-refractivity contribution in [1.29, 1.82) is 0 Å². The number of hydrogen-bond donors (Lipinski definition) is 0. The number of thiazole rings is 1. The minimum Gasteiger partial charge on any atom is -0.337 e. The fraction of sp³-hybridized carbons (Fsp3) is 0.381. The average Bonchev–Trinajstić information content (AvgIpc) is 3.35. The summed E-state index contributed by atoms with van der Waals surface area (Å²) in [5, 5.41) is 2.80. The number of carbonyl (C=O) groups is 1. The Hall–Kier alpha value is -2.51. The molecule has 0 radical (unpaired) electrons. The van der Waals surface area contributed by atoms with Gasteiger partial charge in [0.05, 0.1) is 12.0 Å². The number of benzene rings is 1. The second kappa shape index (κ2) is 7.14. The summed E-state index contributed by atoms with van der Waals surface area (Å²) in [6, 6.07) is 10.6. The van der Waals surface area contributed by atoms with Crippen molar-refractivity contribution in [2.45, 2.75) is 19.0 Å². The van der Waals surface area contributed by atoms with E-state index in [-0.39, 0.29) is 5.91 Å². The monoisotopic (exact) mass is 393 g/mol. The van der Waals surface area contributed by atoms with E-state index in [0.29, 0.717) is 17.7 Å². The number of aryl methyl sites for hydroxylation is 1. The van der Waals surface area contributed by atoms with Gasteiger partial charge in [-0.1, -0.05) is 30.3 Å². The normalized spacial score (nSPS) is 22.0. The van der Waals surface area contributed by atoms with Crippen LogP contribution in [-0.4, -0.2) is 55.9 Å². The molecule has 2 aliphatic rings. The zero-order valence-corrected chi connectivity index (χ0v) is 16.7. The Labute approximate surface area is 168 Å². The smallest absolute Gasteiger partial charge is 0.273 e. The Balaban J connectivity index is 1.21. The van der Waals surface area contributed by atoms with E-state index < -0.39 is 0 Å². The molecule has 1 aromatic carbocycles. The molecular weight excluding hydrogens is 370 g/mol. The fourth-order valence-corrected chi connectivity index (χ4v) is 5.14. The number of amides is 1. The van der Waals surface area contributed by atoms with Crippen LogP contribution >= 0.6 is 11.3 Å². The van der Waals surface area contributed by atoms with Crippen LogP contribution in [0.4, 0.5) is 0 Å². The third-order valence-corrected chi connectivity index (χ3v) is 6.84. The molecule has 0 aliphatic carbocycles. The van der Waals surface area contributed by atoms with E-state index in [2.05, 4.69) is 19.4 Å². The molecule has 0 N–H and O–H groups in total. The van der Waals surface area contributed by atoms with Gasteiger partial charge in [0.25, 0.3) is 5.91 Å². The molecule has 5 rings (SSSR count). The first-order valence-electron chi connectivity index (χ1n) is 9.68. The van der Waals surface area contributed by atoms with E-state index in [0.717, 1.165) is 43.2 Å². The number of fused-ring (bicyclic) bond motifs is 1. The molecular formula is C21H23N5OS. The second-order valence-corrected chi connectivity index (χ2v) is 8.55. The van der Waals surface area contributed by atoms with Crippen LogP contribution in [0.2, 0.25) is 0 Å². The van der Waals surface area contributed by atoms with Crippen LogP contribution in [0.3, 0.4) is 0 Å². The fourth-order valence-electron chi connectivity index (χ4n) is 4.34. The zero-order valence-electron chi connectivity index (χ0n) is 15.9. The van der Waals surface area contributed by atoms with Crippen molar-refractivity contribution < 1.29 is 4.79 Å². The minimum absolute atomic E-state index is 0.0713. The van der Waals surface area contributed by atoms with Crippen LogP contribution in [-0.2, 0) is 13.6 Å². The topological polar surface area (TPSA) is 54.3 Å². The molecule has 2 atom stereocenters. The van der Waals surface area contributed by atoms with Crippen molar-refractivity contribution in [1.82, 2.24) is 24.3 Å². The van der Waals surface area contributed by atoms with Crippen LogP contribution in [0.15, 0.2) is 48.2 Å². The Morgan fingerprint density at radius 2 is 2.11 bits per heavy atom. The number of nitrogens with zero attached hydrogens (tertiary/aromatic N) is 5. The lowest BCUT2D eigenvalue weighted by atomic mass is 9.82. The highest BCUT2D eigenvalue weighted by Gasteiger charge is 2.43. The molecule has 2 saturated heterocycles. The number of likely N-dealkylation sites (tertiary alicyclic amines) is 2. The lowest BCUT2D eigenvalue weighted by molar-refractivity contribution is -0.0433. The average molecular weight is 394 g/mol. The lowest BCUT2D eigenvalue weighted by Crippen LogP contribution is -2.63. The Morgan fingerprint density at radius 3 is 2.86 bits per heavy atom. The van der Waals surface area contributed by atoms with Gasteiger partial charge in [-0.3, -0.25) is 9.69 Å². The molecule has 2 aliphatic heterocycles. The summed E-state index contributed by atoms with van der Waals surface area (Å²) in [7, 11) is 2.04. The van der Waals surface area contributed by atoms with Gasteiger partial charge in [-0.2, -0.15) is 0 Å². The maximum atomic E-state index is 12.9. The van der Waals surface area contributed by atoms with Crippen molar-refractivity contribution in [2.24, 2.45) is 13.0 Å². The first-order chi connectivity index (χ1) is 13.7. The van der Waals surface area contributed by atoms with E-state index in [1.54, 1.807) is 0 Å². The highest BCUT2D eigenvalue weighted by molar-refractivity contribution is 7.13. The minimum atomic E-state index is 0.0713. The quantitative estimate of drug-likeness (QED) is 0.684. The molecule has 2 fully saturated rings. The van der Waals surface area contributed by atoms with E-state index in [1.165, 1.54) is 17.0 Å². The number of aromatic nitrogens is 3. The van der Waals surface area contributed by atoms with Gasteiger partial charge in [0.1, 0.15) is 10.7 Å². The van der Waals surface area contributed by atoms with Gasteiger partial charge >= 0.3 is 0 Å². The molecule has 2 aromatic heterocycles. The van der Waals surface area contributed by atoms with Gasteiger partial charge in [0, 0.05) is 62.3 Å². The van der Waals surface area contributed by atoms with E-state index in [1.807, 2.05) is 60.2 Å². The van der Waals surface area contributed by atoms with Crippen LogP contribution in [0.1, 0.15) is 22.6 Å². The standard InChI is InChI=1S/C21H23N5OS/c1-24-14-22-9-17(24)12-26-11-16-10-25(8-7-19(16)26)21(27)18-13-28-20(23-18)15-5-3-2-4-6-15/h2-6,9,13-14,16,19H,7-8,10-12H2,1H3/t16-,19-/m0/s1. The number of rotatable bonds is 4. The van der Waals surface area contributed by atoms with E-state index >= 15 is 0 Å². The SMILES string of the molecule is Cn1cncc1CN1C[C@@H]2CN(C(=O)c3csc(-c4ccccc4)n3)CC[C@@H]21. The van der Waals surface area contributed by atoms with Gasteiger partial charge in [-0.05, 0) is 6.42 Å². The van der Waals surface area contributed by atoms with Gasteiger partial charge in [-0.25, -0.2) is 9.97 Å². The van der Waals surface area contributed by atoms with Crippen molar-refractivity contribution in [3.63, 3.8) is 0 Å². The Kier molecular flexibility index (Phi) is 4.49. The van der Waals surface area contributed by atoms with Crippen LogP contribution in [0.5, 0.6) is 0 Å². The summed E-state index contributed by atoms with van der Waals surface area (Å²) >= 11 is 1.54. The Morgan fingerprint density at radius 1 is 1.25 bits per heavy atom. The number of hydrogen-bond acceptors (Lipinski definition) is 5.